The molecule has 4 aromatic rings. The second-order valence-corrected chi connectivity index (χ2v) is 6.69. The van der Waals surface area contributed by atoms with Crippen LogP contribution in [-0.2, 0) is 6.42 Å². The fourth-order valence-electron chi connectivity index (χ4n) is 3.22. The standard InChI is InChI=1S/C25H21NO2/c27-22(18-10-13-19-11-4-1-5-12-19)24-23(20-14-6-2-7-15-20)26-25(28-24)21-16-8-3-9-17-21/h1-9,11-12,14-17H,10,13,18H2. The molecule has 0 fully saturated rings. The number of carbonyl (C=O) groups excluding carboxylic acids is 1. The number of aromatic nitrogens is 1. The number of benzene rings is 3. The Hall–Kier alpha value is -3.46. The third-order valence-electron chi connectivity index (χ3n) is 4.66. The van der Waals surface area contributed by atoms with Gasteiger partial charge in [0.15, 0.2) is 11.5 Å². The Labute approximate surface area is 164 Å². The van der Waals surface area contributed by atoms with Gasteiger partial charge in [-0.25, -0.2) is 4.98 Å². The summed E-state index contributed by atoms with van der Waals surface area (Å²) in [5.74, 6) is 0.813. The SMILES string of the molecule is O=C(CCCc1ccccc1)c1oc(-c2ccccc2)nc1-c1ccccc1. The molecule has 3 heteroatoms. The number of ketones is 1. The van der Waals surface area contributed by atoms with Crippen molar-refractivity contribution in [2.75, 3.05) is 0 Å². The van der Waals surface area contributed by atoms with Gasteiger partial charge in [0.25, 0.3) is 0 Å². The lowest BCUT2D eigenvalue weighted by atomic mass is 10.0. The molecule has 138 valence electrons. The van der Waals surface area contributed by atoms with E-state index in [0.717, 1.165) is 24.0 Å². The van der Waals surface area contributed by atoms with Gasteiger partial charge in [0.05, 0.1) is 0 Å². The zero-order valence-electron chi connectivity index (χ0n) is 15.5. The lowest BCUT2D eigenvalue weighted by molar-refractivity contribution is 0.0955. The first-order valence-electron chi connectivity index (χ1n) is 9.50. The van der Waals surface area contributed by atoms with Crippen LogP contribution in [-0.4, -0.2) is 10.8 Å². The maximum atomic E-state index is 12.9. The summed E-state index contributed by atoms with van der Waals surface area (Å²) in [7, 11) is 0. The minimum atomic E-state index is -0.00975. The van der Waals surface area contributed by atoms with Crippen LogP contribution in [0.15, 0.2) is 95.4 Å². The second kappa shape index (κ2) is 8.49. The Kier molecular flexibility index (Phi) is 5.43. The van der Waals surface area contributed by atoms with E-state index >= 15 is 0 Å². The van der Waals surface area contributed by atoms with Gasteiger partial charge in [-0.1, -0.05) is 78.9 Å². The molecule has 0 aliphatic rings. The van der Waals surface area contributed by atoms with Crippen molar-refractivity contribution in [3.8, 4) is 22.7 Å². The fourth-order valence-corrected chi connectivity index (χ4v) is 3.22. The lowest BCUT2D eigenvalue weighted by Crippen LogP contribution is -2.01. The highest BCUT2D eigenvalue weighted by molar-refractivity contribution is 5.99. The van der Waals surface area contributed by atoms with Crippen LogP contribution in [0.4, 0.5) is 0 Å². The summed E-state index contributed by atoms with van der Waals surface area (Å²) in [4.78, 5) is 17.6. The Morgan fingerprint density at radius 3 is 1.96 bits per heavy atom. The second-order valence-electron chi connectivity index (χ2n) is 6.69. The quantitative estimate of drug-likeness (QED) is 0.364. The van der Waals surface area contributed by atoms with Crippen molar-refractivity contribution in [2.45, 2.75) is 19.3 Å². The van der Waals surface area contributed by atoms with Crippen LogP contribution < -0.4 is 0 Å². The highest BCUT2D eigenvalue weighted by Crippen LogP contribution is 2.30. The fraction of sp³-hybridized carbons (Fsp3) is 0.120. The topological polar surface area (TPSA) is 43.1 Å². The van der Waals surface area contributed by atoms with Gasteiger partial charge in [-0.15, -0.1) is 0 Å². The Morgan fingerprint density at radius 1 is 0.750 bits per heavy atom. The Bertz CT molecular complexity index is 1040. The molecule has 0 saturated carbocycles. The molecule has 3 nitrogen and oxygen atoms in total. The number of carbonyl (C=O) groups is 1. The average Bonchev–Trinajstić information content (AvgIpc) is 3.21. The maximum absolute atomic E-state index is 12.9. The van der Waals surface area contributed by atoms with Crippen molar-refractivity contribution in [1.29, 1.82) is 0 Å². The van der Waals surface area contributed by atoms with E-state index in [1.165, 1.54) is 5.56 Å². The third-order valence-corrected chi connectivity index (χ3v) is 4.66. The summed E-state index contributed by atoms with van der Waals surface area (Å²) >= 11 is 0. The molecule has 0 N–H and O–H groups in total. The molecule has 0 amide bonds. The van der Waals surface area contributed by atoms with Crippen LogP contribution in [0, 0.1) is 0 Å². The number of aryl methyl sites for hydroxylation is 1. The molecule has 0 spiro atoms. The van der Waals surface area contributed by atoms with Crippen LogP contribution in [0.5, 0.6) is 0 Å². The molecule has 0 atom stereocenters. The van der Waals surface area contributed by atoms with Gasteiger partial charge < -0.3 is 4.42 Å². The molecule has 0 radical (unpaired) electrons. The van der Waals surface area contributed by atoms with E-state index in [4.69, 9.17) is 4.42 Å². The summed E-state index contributed by atoms with van der Waals surface area (Å²) in [5, 5.41) is 0. The minimum Gasteiger partial charge on any atom is -0.432 e. The number of rotatable bonds is 7. The molecule has 3 aromatic carbocycles. The maximum Gasteiger partial charge on any atom is 0.227 e. The third kappa shape index (κ3) is 4.09. The molecule has 28 heavy (non-hydrogen) atoms. The van der Waals surface area contributed by atoms with Crippen molar-refractivity contribution in [3.05, 3.63) is 102 Å². The van der Waals surface area contributed by atoms with Crippen LogP contribution in [0.2, 0.25) is 0 Å². The lowest BCUT2D eigenvalue weighted by Gasteiger charge is -2.02. The van der Waals surface area contributed by atoms with Crippen LogP contribution >= 0.6 is 0 Å². The van der Waals surface area contributed by atoms with Gasteiger partial charge >= 0.3 is 0 Å². The van der Waals surface area contributed by atoms with Crippen molar-refractivity contribution < 1.29 is 9.21 Å². The van der Waals surface area contributed by atoms with Crippen molar-refractivity contribution >= 4 is 5.78 Å². The van der Waals surface area contributed by atoms with Gasteiger partial charge in [-0.3, -0.25) is 4.79 Å². The molecule has 0 aliphatic heterocycles. The normalized spacial score (nSPS) is 10.7. The summed E-state index contributed by atoms with van der Waals surface area (Å²) in [6, 6.07) is 29.6. The van der Waals surface area contributed by atoms with E-state index in [9.17, 15) is 4.79 Å². The predicted molar refractivity (Wildman–Crippen MR) is 111 cm³/mol. The predicted octanol–water partition coefficient (Wildman–Crippen LogP) is 6.21. The summed E-state index contributed by atoms with van der Waals surface area (Å²) < 4.78 is 5.96. The van der Waals surface area contributed by atoms with Gasteiger partial charge in [0, 0.05) is 17.5 Å². The smallest absolute Gasteiger partial charge is 0.227 e. The molecule has 0 saturated heterocycles. The highest BCUT2D eigenvalue weighted by Gasteiger charge is 2.21. The molecule has 1 aromatic heterocycles. The molecular weight excluding hydrogens is 346 g/mol. The monoisotopic (exact) mass is 367 g/mol. The first-order valence-corrected chi connectivity index (χ1v) is 9.50. The van der Waals surface area contributed by atoms with E-state index in [0.29, 0.717) is 23.8 Å². The van der Waals surface area contributed by atoms with E-state index in [-0.39, 0.29) is 5.78 Å². The molecule has 1 heterocycles. The number of hydrogen-bond acceptors (Lipinski definition) is 3. The number of hydrogen-bond donors (Lipinski definition) is 0. The molecule has 0 bridgehead atoms. The van der Waals surface area contributed by atoms with Crippen LogP contribution in [0.1, 0.15) is 29.0 Å². The van der Waals surface area contributed by atoms with Crippen molar-refractivity contribution in [1.82, 2.24) is 4.98 Å². The van der Waals surface area contributed by atoms with Crippen LogP contribution in [0.25, 0.3) is 22.7 Å². The molecule has 0 unspecified atom stereocenters. The van der Waals surface area contributed by atoms with Gasteiger partial charge in [-0.05, 0) is 30.5 Å². The minimum absolute atomic E-state index is 0.00975. The zero-order chi connectivity index (χ0) is 19.2. The van der Waals surface area contributed by atoms with Crippen LogP contribution in [0.3, 0.4) is 0 Å². The summed E-state index contributed by atoms with van der Waals surface area (Å²) in [5.41, 5.74) is 3.60. The van der Waals surface area contributed by atoms with E-state index in [1.54, 1.807) is 0 Å². The Morgan fingerprint density at radius 2 is 1.32 bits per heavy atom. The van der Waals surface area contributed by atoms with E-state index in [1.807, 2.05) is 78.9 Å². The van der Waals surface area contributed by atoms with Crippen molar-refractivity contribution in [3.63, 3.8) is 0 Å². The van der Waals surface area contributed by atoms with Gasteiger partial charge in [0.1, 0.15) is 5.69 Å². The van der Waals surface area contributed by atoms with Gasteiger partial charge in [0.2, 0.25) is 5.89 Å². The van der Waals surface area contributed by atoms with Crippen molar-refractivity contribution in [2.24, 2.45) is 0 Å². The number of Topliss-reactive ketones (excluding diaryl/α,β-unsaturated/α-hetero) is 1. The first kappa shape index (κ1) is 17.9. The summed E-state index contributed by atoms with van der Waals surface area (Å²) in [6.07, 6.45) is 2.07. The largest absolute Gasteiger partial charge is 0.432 e. The highest BCUT2D eigenvalue weighted by atomic mass is 16.4. The Balaban J connectivity index is 1.59. The molecule has 0 aliphatic carbocycles. The zero-order valence-corrected chi connectivity index (χ0v) is 15.5. The number of nitrogens with zero attached hydrogens (tertiary/aromatic N) is 1. The first-order chi connectivity index (χ1) is 13.8. The number of oxazole rings is 1. The van der Waals surface area contributed by atoms with E-state index in [2.05, 4.69) is 17.1 Å². The summed E-state index contributed by atoms with van der Waals surface area (Å²) in [6.45, 7) is 0. The molecular formula is C25H21NO2. The molecule has 4 rings (SSSR count). The van der Waals surface area contributed by atoms with Gasteiger partial charge in [-0.2, -0.15) is 0 Å². The van der Waals surface area contributed by atoms with E-state index < -0.39 is 0 Å². The average molecular weight is 367 g/mol.